The van der Waals surface area contributed by atoms with Gasteiger partial charge >= 0.3 is 5.97 Å². The van der Waals surface area contributed by atoms with Crippen molar-refractivity contribution in [3.63, 3.8) is 0 Å². The van der Waals surface area contributed by atoms with E-state index >= 15 is 0 Å². The van der Waals surface area contributed by atoms with Gasteiger partial charge in [0.05, 0.1) is 19.8 Å². The normalized spacial score (nSPS) is 15.2. The number of rotatable bonds is 9. The standard InChI is InChI=1S/C16H25NO4/c1-13(12-19-3)21-11-10-16(17-2,15(18)20-4)14-8-6-5-7-9-14/h5-9,13,17H,10-12H2,1-4H3. The van der Waals surface area contributed by atoms with Crippen LogP contribution < -0.4 is 5.32 Å². The third-order valence-corrected chi connectivity index (χ3v) is 3.51. The molecule has 1 aromatic rings. The zero-order valence-electron chi connectivity index (χ0n) is 13.2. The first kappa shape index (κ1) is 17.6. The lowest BCUT2D eigenvalue weighted by Crippen LogP contribution is -2.49. The molecule has 0 saturated heterocycles. The number of hydrogen-bond donors (Lipinski definition) is 1. The van der Waals surface area contributed by atoms with Gasteiger partial charge in [0.2, 0.25) is 0 Å². The van der Waals surface area contributed by atoms with Crippen LogP contribution in [-0.4, -0.2) is 46.6 Å². The first-order chi connectivity index (χ1) is 10.1. The minimum atomic E-state index is -0.900. The Balaban J connectivity index is 2.85. The van der Waals surface area contributed by atoms with Crippen LogP contribution in [0.1, 0.15) is 18.9 Å². The highest BCUT2D eigenvalue weighted by molar-refractivity contribution is 5.82. The Morgan fingerprint density at radius 3 is 2.48 bits per heavy atom. The largest absolute Gasteiger partial charge is 0.467 e. The van der Waals surface area contributed by atoms with Crippen molar-refractivity contribution in [1.82, 2.24) is 5.32 Å². The van der Waals surface area contributed by atoms with Crippen LogP contribution in [0.2, 0.25) is 0 Å². The SMILES string of the molecule is CNC(CCOC(C)COC)(C(=O)OC)c1ccccc1. The van der Waals surface area contributed by atoms with Crippen molar-refractivity contribution >= 4 is 5.97 Å². The predicted octanol–water partition coefficient (Wildman–Crippen LogP) is 1.72. The summed E-state index contributed by atoms with van der Waals surface area (Å²) in [5, 5.41) is 3.10. The topological polar surface area (TPSA) is 56.8 Å². The first-order valence-electron chi connectivity index (χ1n) is 7.04. The van der Waals surface area contributed by atoms with Gasteiger partial charge in [-0.1, -0.05) is 30.3 Å². The minimum absolute atomic E-state index is 0.0158. The molecule has 0 aromatic heterocycles. The molecule has 0 amide bonds. The van der Waals surface area contributed by atoms with Crippen molar-refractivity contribution < 1.29 is 19.0 Å². The van der Waals surface area contributed by atoms with E-state index in [2.05, 4.69) is 5.32 Å². The predicted molar refractivity (Wildman–Crippen MR) is 81.1 cm³/mol. The monoisotopic (exact) mass is 295 g/mol. The number of methoxy groups -OCH3 is 2. The number of likely N-dealkylation sites (N-methyl/N-ethyl adjacent to an activating group) is 1. The summed E-state index contributed by atoms with van der Waals surface area (Å²) in [4.78, 5) is 12.3. The molecule has 5 heteroatoms. The average molecular weight is 295 g/mol. The summed E-state index contributed by atoms with van der Waals surface area (Å²) >= 11 is 0. The molecule has 0 aliphatic carbocycles. The van der Waals surface area contributed by atoms with Gasteiger partial charge in [0.25, 0.3) is 0 Å². The van der Waals surface area contributed by atoms with Gasteiger partial charge in [-0.2, -0.15) is 0 Å². The van der Waals surface area contributed by atoms with Crippen molar-refractivity contribution in [1.29, 1.82) is 0 Å². The number of benzene rings is 1. The smallest absolute Gasteiger partial charge is 0.330 e. The summed E-state index contributed by atoms with van der Waals surface area (Å²) in [5.41, 5.74) is -0.0367. The van der Waals surface area contributed by atoms with E-state index < -0.39 is 5.54 Å². The molecule has 0 radical (unpaired) electrons. The lowest BCUT2D eigenvalue weighted by molar-refractivity contribution is -0.150. The van der Waals surface area contributed by atoms with Crippen molar-refractivity contribution in [2.24, 2.45) is 0 Å². The molecule has 0 fully saturated rings. The fourth-order valence-electron chi connectivity index (χ4n) is 2.33. The molecule has 1 aromatic carbocycles. The molecule has 1 rings (SSSR count). The molecular formula is C16H25NO4. The second-order valence-electron chi connectivity index (χ2n) is 4.90. The highest BCUT2D eigenvalue weighted by Gasteiger charge is 2.39. The fourth-order valence-corrected chi connectivity index (χ4v) is 2.33. The maximum Gasteiger partial charge on any atom is 0.330 e. The van der Waals surface area contributed by atoms with E-state index in [1.54, 1.807) is 14.2 Å². The Kier molecular flexibility index (Phi) is 7.36. The summed E-state index contributed by atoms with van der Waals surface area (Å²) in [6, 6.07) is 9.54. The zero-order chi connectivity index (χ0) is 15.7. The van der Waals surface area contributed by atoms with Gasteiger partial charge in [0.1, 0.15) is 5.54 Å². The zero-order valence-corrected chi connectivity index (χ0v) is 13.2. The van der Waals surface area contributed by atoms with Crippen molar-refractivity contribution in [3.05, 3.63) is 35.9 Å². The molecule has 5 nitrogen and oxygen atoms in total. The number of hydrogen-bond acceptors (Lipinski definition) is 5. The van der Waals surface area contributed by atoms with Crippen LogP contribution in [0.5, 0.6) is 0 Å². The molecule has 0 bridgehead atoms. The fraction of sp³-hybridized carbons (Fsp3) is 0.562. The number of carbonyl (C=O) groups excluding carboxylic acids is 1. The van der Waals surface area contributed by atoms with Crippen molar-refractivity contribution in [2.75, 3.05) is 34.5 Å². The van der Waals surface area contributed by atoms with Gasteiger partial charge in [-0.05, 0) is 19.5 Å². The Morgan fingerprint density at radius 2 is 1.95 bits per heavy atom. The molecule has 0 heterocycles. The lowest BCUT2D eigenvalue weighted by Gasteiger charge is -2.31. The van der Waals surface area contributed by atoms with Crippen molar-refractivity contribution in [2.45, 2.75) is 25.0 Å². The maximum absolute atomic E-state index is 12.3. The van der Waals surface area contributed by atoms with E-state index in [1.807, 2.05) is 37.3 Å². The lowest BCUT2D eigenvalue weighted by atomic mass is 9.87. The summed E-state index contributed by atoms with van der Waals surface area (Å²) in [7, 11) is 4.78. The quantitative estimate of drug-likeness (QED) is 0.703. The van der Waals surface area contributed by atoms with Crippen LogP contribution in [0, 0.1) is 0 Å². The molecule has 0 aliphatic heterocycles. The second kappa shape index (κ2) is 8.77. The maximum atomic E-state index is 12.3. The summed E-state index contributed by atoms with van der Waals surface area (Å²) in [5.74, 6) is -0.320. The van der Waals surface area contributed by atoms with Crippen LogP contribution in [0.3, 0.4) is 0 Å². The van der Waals surface area contributed by atoms with Crippen LogP contribution in [0.25, 0.3) is 0 Å². The average Bonchev–Trinajstić information content (AvgIpc) is 2.52. The summed E-state index contributed by atoms with van der Waals surface area (Å²) < 4.78 is 15.7. The minimum Gasteiger partial charge on any atom is -0.467 e. The van der Waals surface area contributed by atoms with E-state index in [4.69, 9.17) is 14.2 Å². The summed E-state index contributed by atoms with van der Waals surface area (Å²) in [6.45, 7) is 2.89. The summed E-state index contributed by atoms with van der Waals surface area (Å²) in [6.07, 6.45) is 0.465. The van der Waals surface area contributed by atoms with E-state index in [-0.39, 0.29) is 12.1 Å². The van der Waals surface area contributed by atoms with E-state index in [0.717, 1.165) is 5.56 Å². The van der Waals surface area contributed by atoms with E-state index in [1.165, 1.54) is 7.11 Å². The molecule has 0 saturated carbocycles. The van der Waals surface area contributed by atoms with Crippen LogP contribution in [0.4, 0.5) is 0 Å². The Bertz CT molecular complexity index is 424. The number of ether oxygens (including phenoxy) is 3. The van der Waals surface area contributed by atoms with Crippen LogP contribution in [-0.2, 0) is 24.5 Å². The van der Waals surface area contributed by atoms with Gasteiger partial charge < -0.3 is 19.5 Å². The highest BCUT2D eigenvalue weighted by Crippen LogP contribution is 2.26. The molecule has 21 heavy (non-hydrogen) atoms. The van der Waals surface area contributed by atoms with Crippen LogP contribution in [0.15, 0.2) is 30.3 Å². The molecule has 118 valence electrons. The third kappa shape index (κ3) is 4.52. The first-order valence-corrected chi connectivity index (χ1v) is 7.04. The molecule has 2 atom stereocenters. The molecule has 0 spiro atoms. The number of nitrogens with one attached hydrogen (secondary N) is 1. The van der Waals surface area contributed by atoms with Crippen molar-refractivity contribution in [3.8, 4) is 0 Å². The molecule has 0 aliphatic rings. The van der Waals surface area contributed by atoms with Gasteiger partial charge in [-0.3, -0.25) is 0 Å². The highest BCUT2D eigenvalue weighted by atomic mass is 16.5. The molecular weight excluding hydrogens is 270 g/mol. The van der Waals surface area contributed by atoms with E-state index in [0.29, 0.717) is 19.6 Å². The van der Waals surface area contributed by atoms with Gasteiger partial charge in [-0.25, -0.2) is 4.79 Å². The van der Waals surface area contributed by atoms with E-state index in [9.17, 15) is 4.79 Å². The Morgan fingerprint density at radius 1 is 1.29 bits per heavy atom. The van der Waals surface area contributed by atoms with Crippen LogP contribution >= 0.6 is 0 Å². The number of carbonyl (C=O) groups is 1. The molecule has 2 unspecified atom stereocenters. The number of esters is 1. The Labute approximate surface area is 126 Å². The van der Waals surface area contributed by atoms with Gasteiger partial charge in [0, 0.05) is 20.1 Å². The second-order valence-corrected chi connectivity index (χ2v) is 4.90. The van der Waals surface area contributed by atoms with Gasteiger partial charge in [0.15, 0.2) is 0 Å². The molecule has 1 N–H and O–H groups in total. The van der Waals surface area contributed by atoms with Gasteiger partial charge in [-0.15, -0.1) is 0 Å². The Hall–Kier alpha value is -1.43. The third-order valence-electron chi connectivity index (χ3n) is 3.51.